The molecule has 2 heterocycles. The first kappa shape index (κ1) is 19.1. The molecule has 10 nitrogen and oxygen atoms in total. The van der Waals surface area contributed by atoms with Crippen LogP contribution in [-0.2, 0) is 9.53 Å². The lowest BCUT2D eigenvalue weighted by Crippen LogP contribution is -2.30. The highest BCUT2D eigenvalue weighted by Gasteiger charge is 2.36. The number of hydrogen-bond acceptors (Lipinski definition) is 8. The summed E-state index contributed by atoms with van der Waals surface area (Å²) in [6.07, 6.45) is 1.35. The minimum atomic E-state index is -0.722. The molecule has 0 amide bonds. The number of anilines is 1. The Labute approximate surface area is 170 Å². The number of benzene rings is 2. The number of non-ortho nitro benzene ring substituents is 1. The van der Waals surface area contributed by atoms with E-state index in [9.17, 15) is 20.0 Å². The molecule has 0 saturated carbocycles. The third-order valence-corrected chi connectivity index (χ3v) is 4.65. The highest BCUT2D eigenvalue weighted by molar-refractivity contribution is 6.02. The van der Waals surface area contributed by atoms with Gasteiger partial charge in [-0.2, -0.15) is 10.1 Å². The first-order valence-electron chi connectivity index (χ1n) is 9.11. The lowest BCUT2D eigenvalue weighted by molar-refractivity contribution is -0.384. The van der Waals surface area contributed by atoms with Crippen molar-refractivity contribution < 1.29 is 19.6 Å². The van der Waals surface area contributed by atoms with Gasteiger partial charge in [0.05, 0.1) is 22.8 Å². The van der Waals surface area contributed by atoms with Gasteiger partial charge in [-0.05, 0) is 42.3 Å². The summed E-state index contributed by atoms with van der Waals surface area (Å²) < 4.78 is 6.82. The average molecular weight is 407 g/mol. The van der Waals surface area contributed by atoms with Gasteiger partial charge in [-0.1, -0.05) is 12.1 Å². The second kappa shape index (κ2) is 7.66. The summed E-state index contributed by atoms with van der Waals surface area (Å²) >= 11 is 0. The molecule has 1 aromatic heterocycles. The van der Waals surface area contributed by atoms with Gasteiger partial charge in [0.15, 0.2) is 0 Å². The number of carbonyl (C=O) groups excluding carboxylic acids is 1. The standard InChI is InChI=1S/C20H17N5O5/c1-2-30-19(27)16-17(12-6-8-14(9-7-12)25(28)29)23-20-21-11-22-24(20)18(16)13-4-3-5-15(26)10-13/h3-11,18,26H,2H2,1H3,(H,21,22,23)/t18-/m1/s1. The van der Waals surface area contributed by atoms with Gasteiger partial charge in [0.1, 0.15) is 18.1 Å². The summed E-state index contributed by atoms with van der Waals surface area (Å²) in [7, 11) is 0. The van der Waals surface area contributed by atoms with Crippen molar-refractivity contribution in [3.05, 3.63) is 81.7 Å². The summed E-state index contributed by atoms with van der Waals surface area (Å²) in [5.41, 5.74) is 1.72. The molecule has 2 aromatic carbocycles. The zero-order chi connectivity index (χ0) is 21.3. The van der Waals surface area contributed by atoms with Crippen molar-refractivity contribution in [1.29, 1.82) is 0 Å². The largest absolute Gasteiger partial charge is 0.508 e. The molecule has 0 radical (unpaired) electrons. The van der Waals surface area contributed by atoms with Crippen LogP contribution in [0, 0.1) is 10.1 Å². The van der Waals surface area contributed by atoms with E-state index < -0.39 is 16.9 Å². The molecule has 0 aliphatic carbocycles. The number of nitrogens with zero attached hydrogens (tertiary/aromatic N) is 4. The molecule has 0 spiro atoms. The number of esters is 1. The van der Waals surface area contributed by atoms with Crippen molar-refractivity contribution >= 4 is 23.3 Å². The highest BCUT2D eigenvalue weighted by Crippen LogP contribution is 2.39. The van der Waals surface area contributed by atoms with Crippen LogP contribution in [0.3, 0.4) is 0 Å². The number of ether oxygens (including phenoxy) is 1. The van der Waals surface area contributed by atoms with Crippen LogP contribution in [0.5, 0.6) is 5.75 Å². The number of carbonyl (C=O) groups is 1. The van der Waals surface area contributed by atoms with Crippen LogP contribution in [0.4, 0.5) is 11.6 Å². The van der Waals surface area contributed by atoms with Crippen LogP contribution in [-0.4, -0.2) is 37.4 Å². The first-order valence-corrected chi connectivity index (χ1v) is 9.11. The Kier molecular flexibility index (Phi) is 4.88. The van der Waals surface area contributed by atoms with Crippen LogP contribution in [0.25, 0.3) is 5.70 Å². The van der Waals surface area contributed by atoms with Crippen LogP contribution >= 0.6 is 0 Å². The predicted octanol–water partition coefficient (Wildman–Crippen LogP) is 2.88. The van der Waals surface area contributed by atoms with Gasteiger partial charge < -0.3 is 15.2 Å². The zero-order valence-corrected chi connectivity index (χ0v) is 15.8. The smallest absolute Gasteiger partial charge is 0.338 e. The minimum Gasteiger partial charge on any atom is -0.508 e. The van der Waals surface area contributed by atoms with Crippen LogP contribution in [0.15, 0.2) is 60.4 Å². The van der Waals surface area contributed by atoms with E-state index in [0.717, 1.165) is 0 Å². The summed E-state index contributed by atoms with van der Waals surface area (Å²) in [4.78, 5) is 27.7. The zero-order valence-electron chi connectivity index (χ0n) is 15.8. The van der Waals surface area contributed by atoms with Gasteiger partial charge in [-0.15, -0.1) is 0 Å². The molecule has 4 rings (SSSR count). The third-order valence-electron chi connectivity index (χ3n) is 4.65. The Morgan fingerprint density at radius 3 is 2.73 bits per heavy atom. The van der Waals surface area contributed by atoms with E-state index in [1.807, 2.05) is 0 Å². The van der Waals surface area contributed by atoms with E-state index in [-0.39, 0.29) is 23.6 Å². The van der Waals surface area contributed by atoms with E-state index in [1.54, 1.807) is 31.2 Å². The predicted molar refractivity (Wildman–Crippen MR) is 107 cm³/mol. The molecular formula is C20H17N5O5. The van der Waals surface area contributed by atoms with E-state index in [1.165, 1.54) is 35.3 Å². The molecule has 0 unspecified atom stereocenters. The Hall–Kier alpha value is -4.21. The number of hydrogen-bond donors (Lipinski definition) is 2. The van der Waals surface area contributed by atoms with Gasteiger partial charge in [0.25, 0.3) is 5.69 Å². The fourth-order valence-corrected chi connectivity index (χ4v) is 3.37. The Morgan fingerprint density at radius 2 is 2.07 bits per heavy atom. The summed E-state index contributed by atoms with van der Waals surface area (Å²) in [5.74, 6) is -0.162. The third kappa shape index (κ3) is 3.34. The van der Waals surface area contributed by atoms with Gasteiger partial charge in [0, 0.05) is 12.1 Å². The number of nitrogens with one attached hydrogen (secondary N) is 1. The van der Waals surface area contributed by atoms with Gasteiger partial charge in [0.2, 0.25) is 5.95 Å². The maximum absolute atomic E-state index is 13.0. The molecule has 3 aromatic rings. The van der Waals surface area contributed by atoms with Crippen LogP contribution in [0.2, 0.25) is 0 Å². The number of nitro groups is 1. The lowest BCUT2D eigenvalue weighted by atomic mass is 9.92. The van der Waals surface area contributed by atoms with Gasteiger partial charge >= 0.3 is 5.97 Å². The maximum Gasteiger partial charge on any atom is 0.338 e. The molecule has 152 valence electrons. The highest BCUT2D eigenvalue weighted by atomic mass is 16.6. The Bertz CT molecular complexity index is 1150. The number of aromatic hydroxyl groups is 1. The Balaban J connectivity index is 1.94. The van der Waals surface area contributed by atoms with Crippen molar-refractivity contribution in [3.63, 3.8) is 0 Å². The van der Waals surface area contributed by atoms with Crippen LogP contribution in [0.1, 0.15) is 24.1 Å². The second-order valence-corrected chi connectivity index (χ2v) is 6.46. The maximum atomic E-state index is 13.0. The molecule has 0 saturated heterocycles. The molecular weight excluding hydrogens is 390 g/mol. The molecule has 0 fully saturated rings. The number of phenols is 1. The molecule has 0 bridgehead atoms. The number of phenolic OH excluding ortho intramolecular Hbond substituents is 1. The first-order chi connectivity index (χ1) is 14.5. The van der Waals surface area contributed by atoms with Crippen molar-refractivity contribution in [2.24, 2.45) is 0 Å². The molecule has 2 N–H and O–H groups in total. The average Bonchev–Trinajstić information content (AvgIpc) is 3.21. The SMILES string of the molecule is CCOC(=O)C1=C(c2ccc([N+](=O)[O-])cc2)Nc2ncnn2[C@@H]1c1cccc(O)c1. The van der Waals surface area contributed by atoms with Gasteiger partial charge in [-0.3, -0.25) is 10.1 Å². The molecule has 1 aliphatic rings. The van der Waals surface area contributed by atoms with E-state index >= 15 is 0 Å². The molecule has 1 atom stereocenters. The van der Waals surface area contributed by atoms with Crippen LogP contribution < -0.4 is 5.32 Å². The number of fused-ring (bicyclic) bond motifs is 1. The second-order valence-electron chi connectivity index (χ2n) is 6.46. The minimum absolute atomic E-state index is 0.0350. The number of aromatic nitrogens is 3. The van der Waals surface area contributed by atoms with Crippen molar-refractivity contribution in [2.45, 2.75) is 13.0 Å². The van der Waals surface area contributed by atoms with E-state index in [4.69, 9.17) is 4.74 Å². The molecule has 30 heavy (non-hydrogen) atoms. The fraction of sp³-hybridized carbons (Fsp3) is 0.150. The quantitative estimate of drug-likeness (QED) is 0.375. The normalized spacial score (nSPS) is 15.3. The number of nitro benzene ring substituents is 1. The van der Waals surface area contributed by atoms with E-state index in [2.05, 4.69) is 15.4 Å². The van der Waals surface area contributed by atoms with Crippen molar-refractivity contribution in [1.82, 2.24) is 14.8 Å². The monoisotopic (exact) mass is 407 g/mol. The van der Waals surface area contributed by atoms with Crippen molar-refractivity contribution in [3.8, 4) is 5.75 Å². The van der Waals surface area contributed by atoms with Crippen molar-refractivity contribution in [2.75, 3.05) is 11.9 Å². The summed E-state index contributed by atoms with van der Waals surface area (Å²) in [6.45, 7) is 1.86. The van der Waals surface area contributed by atoms with E-state index in [0.29, 0.717) is 22.8 Å². The summed E-state index contributed by atoms with van der Waals surface area (Å²) in [5, 5.41) is 28.3. The fourth-order valence-electron chi connectivity index (χ4n) is 3.37. The molecule has 1 aliphatic heterocycles. The van der Waals surface area contributed by atoms with Gasteiger partial charge in [-0.25, -0.2) is 9.48 Å². The summed E-state index contributed by atoms with van der Waals surface area (Å²) in [6, 6.07) is 11.6. The Morgan fingerprint density at radius 1 is 1.30 bits per heavy atom. The number of rotatable bonds is 5. The topological polar surface area (TPSA) is 132 Å². The lowest BCUT2D eigenvalue weighted by Gasteiger charge is -2.29. The molecule has 10 heteroatoms.